The Labute approximate surface area is 70.3 Å². The van der Waals surface area contributed by atoms with E-state index in [0.717, 1.165) is 0 Å². The first kappa shape index (κ1) is 11.5. The molecule has 0 rings (SSSR count). The third-order valence-corrected chi connectivity index (χ3v) is 0.963. The maximum Gasteiger partial charge on any atom is 0.393 e. The number of hydrogen-bond donors (Lipinski definition) is 2. The smallest absolute Gasteiger partial charge is 0.393 e. The maximum absolute atomic E-state index is 11.6. The van der Waals surface area contributed by atoms with Crippen LogP contribution in [0, 0.1) is 0 Å². The van der Waals surface area contributed by atoms with Gasteiger partial charge in [0.05, 0.1) is 12.0 Å². The lowest BCUT2D eigenvalue weighted by atomic mass is 10.2. The Kier molecular flexibility index (Phi) is 3.46. The van der Waals surface area contributed by atoms with Crippen molar-refractivity contribution in [2.45, 2.75) is 12.6 Å². The largest absolute Gasteiger partial charge is 0.478 e. The molecule has 0 bridgehead atoms. The van der Waals surface area contributed by atoms with Gasteiger partial charge < -0.3 is 10.2 Å². The van der Waals surface area contributed by atoms with Crippen LogP contribution in [0.3, 0.4) is 0 Å². The second kappa shape index (κ2) is 3.92. The van der Waals surface area contributed by atoms with Crippen molar-refractivity contribution in [3.8, 4) is 0 Å². The summed E-state index contributed by atoms with van der Waals surface area (Å²) < 4.78 is 34.9. The number of rotatable bonds is 3. The van der Waals surface area contributed by atoms with Crippen molar-refractivity contribution in [2.24, 2.45) is 0 Å². The Morgan fingerprint density at radius 2 is 1.69 bits per heavy atom. The summed E-state index contributed by atoms with van der Waals surface area (Å²) in [6.45, 7) is 0. The van der Waals surface area contributed by atoms with E-state index in [1.165, 1.54) is 0 Å². The molecule has 0 aromatic heterocycles. The number of carbonyl (C=O) groups is 2. The van der Waals surface area contributed by atoms with Crippen LogP contribution >= 0.6 is 0 Å². The molecule has 0 aliphatic heterocycles. The van der Waals surface area contributed by atoms with E-state index in [4.69, 9.17) is 10.2 Å². The summed E-state index contributed by atoms with van der Waals surface area (Å²) in [5, 5.41) is 16.2. The summed E-state index contributed by atoms with van der Waals surface area (Å²) >= 11 is 0. The van der Waals surface area contributed by atoms with E-state index in [2.05, 4.69) is 0 Å². The Hall–Kier alpha value is -1.53. The van der Waals surface area contributed by atoms with Crippen LogP contribution in [0.4, 0.5) is 13.2 Å². The molecule has 74 valence electrons. The standard InChI is InChI=1S/C6H5F3O4/c7-6(8,9)2-3(5(12)13)1-4(10)11/h1H,2H2,(H,10,11)(H,12,13)/b3-1-. The molecule has 0 saturated heterocycles. The fourth-order valence-electron chi connectivity index (χ4n) is 0.553. The molecule has 2 N–H and O–H groups in total. The number of alkyl halides is 3. The van der Waals surface area contributed by atoms with E-state index in [1.54, 1.807) is 0 Å². The SMILES string of the molecule is O=C(O)/C=C(/CC(F)(F)F)C(=O)O. The summed E-state index contributed by atoms with van der Waals surface area (Å²) in [7, 11) is 0. The van der Waals surface area contributed by atoms with Crippen molar-refractivity contribution in [2.75, 3.05) is 0 Å². The maximum atomic E-state index is 11.6. The fourth-order valence-corrected chi connectivity index (χ4v) is 0.553. The third-order valence-electron chi connectivity index (χ3n) is 0.963. The first-order valence-electron chi connectivity index (χ1n) is 2.96. The van der Waals surface area contributed by atoms with Gasteiger partial charge in [-0.2, -0.15) is 13.2 Å². The van der Waals surface area contributed by atoms with Gasteiger partial charge in [-0.05, 0) is 0 Å². The van der Waals surface area contributed by atoms with Gasteiger partial charge in [0.25, 0.3) is 0 Å². The zero-order valence-electron chi connectivity index (χ0n) is 6.13. The number of aliphatic carboxylic acids is 2. The number of carboxylic acids is 2. The second-order valence-corrected chi connectivity index (χ2v) is 2.10. The van der Waals surface area contributed by atoms with Crippen molar-refractivity contribution in [3.63, 3.8) is 0 Å². The number of carboxylic acid groups (broad SMARTS) is 2. The van der Waals surface area contributed by atoms with E-state index in [1.807, 2.05) is 0 Å². The predicted octanol–water partition coefficient (Wildman–Crippen LogP) is 1.03. The lowest BCUT2D eigenvalue weighted by molar-refractivity contribution is -0.143. The highest BCUT2D eigenvalue weighted by molar-refractivity contribution is 5.94. The minimum absolute atomic E-state index is 0.0236. The Bertz CT molecular complexity index is 253. The van der Waals surface area contributed by atoms with Gasteiger partial charge in [0, 0.05) is 6.08 Å². The summed E-state index contributed by atoms with van der Waals surface area (Å²) in [5.74, 6) is -3.61. The quantitative estimate of drug-likeness (QED) is 0.664. The molecule has 0 aromatic rings. The highest BCUT2D eigenvalue weighted by Gasteiger charge is 2.31. The van der Waals surface area contributed by atoms with Crippen LogP contribution in [0.2, 0.25) is 0 Å². The molecule has 0 amide bonds. The zero-order valence-corrected chi connectivity index (χ0v) is 6.13. The van der Waals surface area contributed by atoms with Crippen molar-refractivity contribution >= 4 is 11.9 Å². The molecule has 0 radical (unpaired) electrons. The predicted molar refractivity (Wildman–Crippen MR) is 34.0 cm³/mol. The lowest BCUT2D eigenvalue weighted by Crippen LogP contribution is -2.14. The molecule has 0 spiro atoms. The molecule has 0 aliphatic rings. The molecule has 7 heteroatoms. The van der Waals surface area contributed by atoms with E-state index >= 15 is 0 Å². The van der Waals surface area contributed by atoms with Crippen LogP contribution < -0.4 is 0 Å². The van der Waals surface area contributed by atoms with Gasteiger partial charge >= 0.3 is 18.1 Å². The monoisotopic (exact) mass is 198 g/mol. The molecular weight excluding hydrogens is 193 g/mol. The molecular formula is C6H5F3O4. The average Bonchev–Trinajstić information content (AvgIpc) is 1.81. The van der Waals surface area contributed by atoms with Crippen LogP contribution in [0.15, 0.2) is 11.6 Å². The van der Waals surface area contributed by atoms with Gasteiger partial charge in [-0.25, -0.2) is 9.59 Å². The summed E-state index contributed by atoms with van der Waals surface area (Å²) in [5.41, 5.74) is -1.19. The molecule has 0 heterocycles. The third kappa shape index (κ3) is 5.71. The molecule has 0 fully saturated rings. The van der Waals surface area contributed by atoms with Gasteiger partial charge in [0.2, 0.25) is 0 Å². The van der Waals surface area contributed by atoms with E-state index < -0.39 is 30.1 Å². The fraction of sp³-hybridized carbons (Fsp3) is 0.333. The Balaban J connectivity index is 4.65. The summed E-state index contributed by atoms with van der Waals surface area (Å²) in [4.78, 5) is 20.0. The Morgan fingerprint density at radius 3 is 1.92 bits per heavy atom. The molecule has 0 aliphatic carbocycles. The van der Waals surface area contributed by atoms with E-state index in [9.17, 15) is 22.8 Å². The van der Waals surface area contributed by atoms with Crippen molar-refractivity contribution < 1.29 is 33.0 Å². The number of hydrogen-bond acceptors (Lipinski definition) is 2. The van der Waals surface area contributed by atoms with Gasteiger partial charge in [-0.1, -0.05) is 0 Å². The first-order valence-corrected chi connectivity index (χ1v) is 2.96. The topological polar surface area (TPSA) is 74.6 Å². The second-order valence-electron chi connectivity index (χ2n) is 2.10. The molecule has 0 saturated carbocycles. The zero-order chi connectivity index (χ0) is 10.6. The summed E-state index contributed by atoms with van der Waals surface area (Å²) in [6, 6.07) is 0. The molecule has 0 aromatic carbocycles. The van der Waals surface area contributed by atoms with Crippen molar-refractivity contribution in [1.82, 2.24) is 0 Å². The van der Waals surface area contributed by atoms with Gasteiger partial charge in [-0.15, -0.1) is 0 Å². The highest BCUT2D eigenvalue weighted by Crippen LogP contribution is 2.24. The Morgan fingerprint density at radius 1 is 1.23 bits per heavy atom. The van der Waals surface area contributed by atoms with E-state index in [-0.39, 0.29) is 6.08 Å². The van der Waals surface area contributed by atoms with Crippen molar-refractivity contribution in [1.29, 1.82) is 0 Å². The van der Waals surface area contributed by atoms with Gasteiger partial charge in [0.15, 0.2) is 0 Å². The lowest BCUT2D eigenvalue weighted by Gasteiger charge is -2.05. The minimum atomic E-state index is -4.72. The van der Waals surface area contributed by atoms with E-state index in [0.29, 0.717) is 0 Å². The number of halogens is 3. The molecule has 13 heavy (non-hydrogen) atoms. The molecule has 0 unspecified atom stereocenters. The van der Waals surface area contributed by atoms with Gasteiger partial charge in [-0.3, -0.25) is 0 Å². The molecule has 0 atom stereocenters. The van der Waals surface area contributed by atoms with Crippen LogP contribution in [0.5, 0.6) is 0 Å². The van der Waals surface area contributed by atoms with Gasteiger partial charge in [0.1, 0.15) is 0 Å². The minimum Gasteiger partial charge on any atom is -0.478 e. The van der Waals surface area contributed by atoms with Crippen LogP contribution in [-0.4, -0.2) is 28.3 Å². The first-order chi connectivity index (χ1) is 5.72. The summed E-state index contributed by atoms with van der Waals surface area (Å²) in [6.07, 6.45) is -6.45. The van der Waals surface area contributed by atoms with Crippen LogP contribution in [0.1, 0.15) is 6.42 Å². The van der Waals surface area contributed by atoms with Crippen molar-refractivity contribution in [3.05, 3.63) is 11.6 Å². The highest BCUT2D eigenvalue weighted by atomic mass is 19.4. The molecule has 4 nitrogen and oxygen atoms in total. The van der Waals surface area contributed by atoms with Crippen LogP contribution in [-0.2, 0) is 9.59 Å². The average molecular weight is 198 g/mol. The normalized spacial score (nSPS) is 12.7. The van der Waals surface area contributed by atoms with Crippen LogP contribution in [0.25, 0.3) is 0 Å².